The van der Waals surface area contributed by atoms with Crippen LogP contribution in [0.5, 0.6) is 5.75 Å². The Kier molecular flexibility index (Phi) is 5.28. The minimum absolute atomic E-state index is 0.169. The average Bonchev–Trinajstić information content (AvgIpc) is 2.83. The van der Waals surface area contributed by atoms with Crippen molar-refractivity contribution in [2.24, 2.45) is 11.8 Å². The maximum atomic E-state index is 11.8. The molecule has 0 amide bonds. The molecule has 0 radical (unpaired) electrons. The molecule has 0 aliphatic carbocycles. The summed E-state index contributed by atoms with van der Waals surface area (Å²) in [5.41, 5.74) is 3.24. The van der Waals surface area contributed by atoms with E-state index < -0.39 is 6.10 Å². The summed E-state index contributed by atoms with van der Waals surface area (Å²) in [6.45, 7) is 7.21. The molecule has 3 aromatic rings. The van der Waals surface area contributed by atoms with E-state index >= 15 is 0 Å². The van der Waals surface area contributed by atoms with E-state index in [0.29, 0.717) is 11.8 Å². The third-order valence-electron chi connectivity index (χ3n) is 7.70. The summed E-state index contributed by atoms with van der Waals surface area (Å²) in [5.74, 6) is 2.01. The predicted octanol–water partition coefficient (Wildman–Crippen LogP) is 4.89. The zero-order valence-corrected chi connectivity index (χ0v) is 18.2. The number of hydrogen-bond acceptors (Lipinski definition) is 3. The Hall–Kier alpha value is -2.69. The number of aliphatic hydroxyl groups excluding tert-OH is 1. The maximum absolute atomic E-state index is 11.8. The van der Waals surface area contributed by atoms with E-state index in [-0.39, 0.29) is 6.04 Å². The van der Waals surface area contributed by atoms with Gasteiger partial charge < -0.3 is 14.3 Å². The number of fused-ring (bicyclic) bond motifs is 4. The number of methoxy groups -OCH3 is 1. The van der Waals surface area contributed by atoms with Gasteiger partial charge in [0.1, 0.15) is 24.4 Å². The Morgan fingerprint density at radius 1 is 1.19 bits per heavy atom. The highest BCUT2D eigenvalue weighted by Gasteiger charge is 2.53. The Morgan fingerprint density at radius 3 is 2.77 bits per heavy atom. The molecule has 5 atom stereocenters. The topological polar surface area (TPSA) is 42.4 Å². The minimum atomic E-state index is -0.514. The van der Waals surface area contributed by atoms with Gasteiger partial charge in [0.15, 0.2) is 0 Å². The summed E-state index contributed by atoms with van der Waals surface area (Å²) in [5, 5.41) is 12.8. The zero-order valence-electron chi connectivity index (χ0n) is 18.2. The quantitative estimate of drug-likeness (QED) is 0.460. The molecule has 2 aromatic carbocycles. The van der Waals surface area contributed by atoms with Crippen LogP contribution in [0, 0.1) is 11.8 Å². The van der Waals surface area contributed by atoms with Crippen LogP contribution in [-0.4, -0.2) is 40.8 Å². The van der Waals surface area contributed by atoms with Crippen LogP contribution in [0.3, 0.4) is 0 Å². The van der Waals surface area contributed by atoms with Gasteiger partial charge >= 0.3 is 0 Å². The zero-order chi connectivity index (χ0) is 21.4. The Morgan fingerprint density at radius 2 is 2.00 bits per heavy atom. The van der Waals surface area contributed by atoms with Crippen molar-refractivity contribution in [3.05, 3.63) is 84.6 Å². The fourth-order valence-corrected chi connectivity index (χ4v) is 6.06. The highest BCUT2D eigenvalue weighted by Crippen LogP contribution is 2.48. The molecule has 31 heavy (non-hydrogen) atoms. The van der Waals surface area contributed by atoms with E-state index in [1.165, 1.54) is 12.0 Å². The average molecular weight is 416 g/mol. The monoisotopic (exact) mass is 415 g/mol. The Bertz CT molecular complexity index is 1070. The van der Waals surface area contributed by atoms with Crippen molar-refractivity contribution < 1.29 is 14.3 Å². The van der Waals surface area contributed by atoms with Gasteiger partial charge in [-0.15, -0.1) is 6.58 Å². The van der Waals surface area contributed by atoms with Gasteiger partial charge in [-0.3, -0.25) is 4.98 Å². The van der Waals surface area contributed by atoms with Crippen molar-refractivity contribution in [3.63, 3.8) is 0 Å². The fraction of sp³-hybridized carbons (Fsp3) is 0.370. The lowest BCUT2D eigenvalue weighted by Crippen LogP contribution is -2.67. The maximum Gasteiger partial charge on any atom is 0.131 e. The summed E-state index contributed by atoms with van der Waals surface area (Å²) in [4.78, 5) is 4.50. The Balaban J connectivity index is 1.53. The number of quaternary nitrogens is 1. The number of hydrogen-bond donors (Lipinski definition) is 1. The van der Waals surface area contributed by atoms with Gasteiger partial charge in [0.2, 0.25) is 0 Å². The molecule has 0 saturated carbocycles. The van der Waals surface area contributed by atoms with Crippen LogP contribution in [0.1, 0.15) is 30.1 Å². The molecule has 0 spiro atoms. The second-order valence-electron chi connectivity index (χ2n) is 9.24. The number of rotatable bonds is 6. The van der Waals surface area contributed by atoms with Gasteiger partial charge in [-0.2, -0.15) is 0 Å². The fourth-order valence-electron chi connectivity index (χ4n) is 6.06. The van der Waals surface area contributed by atoms with Crippen molar-refractivity contribution in [1.82, 2.24) is 4.98 Å². The second kappa shape index (κ2) is 8.10. The van der Waals surface area contributed by atoms with E-state index in [1.54, 1.807) is 7.11 Å². The standard InChI is InChI=1S/C27H31N2O2/c1-3-20-18-29(17-19-8-10-22(31-2)11-9-19)15-13-21(20)16-26(29)27(30)24-12-14-28-25-7-5-4-6-23(24)25/h3-12,14,20-21,26-27,30H,1,13,15-18H2,2H3/q+1/t20-,21-,26+,27-,29?/m0/s1. The van der Waals surface area contributed by atoms with Crippen LogP contribution in [0.25, 0.3) is 10.9 Å². The molecule has 3 saturated heterocycles. The van der Waals surface area contributed by atoms with E-state index in [0.717, 1.165) is 52.8 Å². The molecule has 3 aliphatic rings. The number of ether oxygens (including phenoxy) is 1. The van der Waals surface area contributed by atoms with Gasteiger partial charge in [-0.25, -0.2) is 0 Å². The first kappa shape index (κ1) is 20.2. The van der Waals surface area contributed by atoms with Gasteiger partial charge in [0.05, 0.1) is 25.7 Å². The molecule has 160 valence electrons. The van der Waals surface area contributed by atoms with Crippen LogP contribution in [-0.2, 0) is 6.54 Å². The normalized spacial score (nSPS) is 28.4. The van der Waals surface area contributed by atoms with Crippen molar-refractivity contribution in [3.8, 4) is 5.75 Å². The minimum Gasteiger partial charge on any atom is -0.497 e. The summed E-state index contributed by atoms with van der Waals surface area (Å²) >= 11 is 0. The number of aliphatic hydroxyl groups is 1. The number of piperidine rings is 3. The number of para-hydroxylation sites is 1. The molecule has 1 unspecified atom stereocenters. The lowest BCUT2D eigenvalue weighted by molar-refractivity contribution is -0.984. The van der Waals surface area contributed by atoms with Gasteiger partial charge in [0.25, 0.3) is 0 Å². The summed E-state index contributed by atoms with van der Waals surface area (Å²) in [6.07, 6.45) is 5.70. The number of pyridine rings is 1. The van der Waals surface area contributed by atoms with Crippen molar-refractivity contribution >= 4 is 10.9 Å². The third-order valence-corrected chi connectivity index (χ3v) is 7.70. The highest BCUT2D eigenvalue weighted by molar-refractivity contribution is 5.82. The van der Waals surface area contributed by atoms with Crippen LogP contribution in [0.4, 0.5) is 0 Å². The van der Waals surface area contributed by atoms with E-state index in [9.17, 15) is 5.11 Å². The van der Waals surface area contributed by atoms with E-state index in [1.807, 2.05) is 42.6 Å². The van der Waals surface area contributed by atoms with Crippen LogP contribution in [0.15, 0.2) is 73.4 Å². The van der Waals surface area contributed by atoms with Crippen molar-refractivity contribution in [2.75, 3.05) is 20.2 Å². The highest BCUT2D eigenvalue weighted by atomic mass is 16.5. The van der Waals surface area contributed by atoms with Gasteiger partial charge in [0, 0.05) is 35.9 Å². The van der Waals surface area contributed by atoms with E-state index in [4.69, 9.17) is 4.74 Å². The molecular weight excluding hydrogens is 384 g/mol. The van der Waals surface area contributed by atoms with Crippen molar-refractivity contribution in [2.45, 2.75) is 31.5 Å². The smallest absolute Gasteiger partial charge is 0.131 e. The lowest BCUT2D eigenvalue weighted by atomic mass is 9.71. The summed E-state index contributed by atoms with van der Waals surface area (Å²) in [7, 11) is 1.70. The molecule has 1 N–H and O–H groups in total. The second-order valence-corrected chi connectivity index (χ2v) is 9.24. The van der Waals surface area contributed by atoms with Crippen LogP contribution >= 0.6 is 0 Å². The first-order chi connectivity index (χ1) is 15.1. The molecule has 2 bridgehead atoms. The molecule has 4 heteroatoms. The molecule has 6 rings (SSSR count). The van der Waals surface area contributed by atoms with E-state index in [2.05, 4.69) is 35.8 Å². The molecule has 1 aromatic heterocycles. The van der Waals surface area contributed by atoms with Gasteiger partial charge in [-0.1, -0.05) is 24.3 Å². The first-order valence-electron chi connectivity index (χ1n) is 11.3. The van der Waals surface area contributed by atoms with Gasteiger partial charge in [-0.05, 0) is 47.9 Å². The molecule has 4 nitrogen and oxygen atoms in total. The Labute approximate surface area is 184 Å². The lowest BCUT2D eigenvalue weighted by Gasteiger charge is -2.58. The molecular formula is C27H31N2O2+. The predicted molar refractivity (Wildman–Crippen MR) is 124 cm³/mol. The summed E-state index contributed by atoms with van der Waals surface area (Å²) < 4.78 is 6.26. The number of nitrogens with zero attached hydrogens (tertiary/aromatic N) is 2. The molecule has 3 aliphatic heterocycles. The third kappa shape index (κ3) is 3.54. The number of benzene rings is 2. The molecule has 3 fully saturated rings. The van der Waals surface area contributed by atoms with Crippen molar-refractivity contribution in [1.29, 1.82) is 0 Å². The molecule has 4 heterocycles. The first-order valence-corrected chi connectivity index (χ1v) is 11.3. The SMILES string of the molecule is C=C[C@H]1C[N+]2(Cc3ccc(OC)cc3)CC[C@H]1C[C@@H]2[C@@H](O)c1ccnc2ccccc12. The number of aromatic nitrogens is 1. The van der Waals surface area contributed by atoms with Crippen LogP contribution in [0.2, 0.25) is 0 Å². The summed E-state index contributed by atoms with van der Waals surface area (Å²) in [6, 6.07) is 18.7. The van der Waals surface area contributed by atoms with Crippen LogP contribution < -0.4 is 4.74 Å². The largest absolute Gasteiger partial charge is 0.497 e.